The number of aliphatic hydroxyl groups is 1. The minimum absolute atomic E-state index is 0.337. The van der Waals surface area contributed by atoms with Crippen LogP contribution in [0.1, 0.15) is 25.8 Å². The summed E-state index contributed by atoms with van der Waals surface area (Å²) in [5, 5.41) is 18.4. The number of aryl methyl sites for hydroxylation is 1. The normalized spacial score (nSPS) is 12.8. The second kappa shape index (κ2) is 7.77. The summed E-state index contributed by atoms with van der Waals surface area (Å²) in [6.45, 7) is 5.35. The predicted molar refractivity (Wildman–Crippen MR) is 90.8 cm³/mol. The second-order valence-electron chi connectivity index (χ2n) is 6.02. The molecule has 2 aromatic rings. The maximum Gasteiger partial charge on any atom is 0.131 e. The van der Waals surface area contributed by atoms with E-state index in [1.165, 1.54) is 0 Å². The summed E-state index contributed by atoms with van der Waals surface area (Å²) in [5.41, 5.74) is 2.90. The summed E-state index contributed by atoms with van der Waals surface area (Å²) in [6.07, 6.45) is 0.454. The van der Waals surface area contributed by atoms with E-state index in [0.29, 0.717) is 24.2 Å². The molecule has 2 N–H and O–H groups in total. The molecule has 1 aromatic heterocycles. The molecular formula is C17H24ClN3O. The van der Waals surface area contributed by atoms with Crippen LogP contribution in [0.25, 0.3) is 11.3 Å². The largest absolute Gasteiger partial charge is 0.392 e. The summed E-state index contributed by atoms with van der Waals surface area (Å²) in [6, 6.07) is 10.0. The first kappa shape index (κ1) is 17.0. The van der Waals surface area contributed by atoms with Crippen LogP contribution >= 0.6 is 11.6 Å². The predicted octanol–water partition coefficient (Wildman–Crippen LogP) is 3.24. The molecule has 5 heteroatoms. The van der Waals surface area contributed by atoms with Gasteiger partial charge in [0, 0.05) is 31.3 Å². The van der Waals surface area contributed by atoms with Crippen molar-refractivity contribution >= 4 is 11.6 Å². The summed E-state index contributed by atoms with van der Waals surface area (Å²) >= 11 is 6.36. The fourth-order valence-electron chi connectivity index (χ4n) is 2.52. The molecule has 1 aromatic carbocycles. The minimum Gasteiger partial charge on any atom is -0.392 e. The number of hydrogen-bond acceptors (Lipinski definition) is 3. The molecule has 0 aliphatic carbocycles. The van der Waals surface area contributed by atoms with Gasteiger partial charge in [0.25, 0.3) is 0 Å². The number of hydrogen-bond donors (Lipinski definition) is 2. The van der Waals surface area contributed by atoms with E-state index in [9.17, 15) is 5.11 Å². The van der Waals surface area contributed by atoms with E-state index in [4.69, 9.17) is 11.6 Å². The number of benzene rings is 1. The number of halogens is 1. The Labute approximate surface area is 137 Å². The van der Waals surface area contributed by atoms with Gasteiger partial charge in [0.2, 0.25) is 0 Å². The van der Waals surface area contributed by atoms with Gasteiger partial charge >= 0.3 is 0 Å². The average molecular weight is 322 g/mol. The van der Waals surface area contributed by atoms with Crippen LogP contribution in [0.15, 0.2) is 30.3 Å². The third-order valence-electron chi connectivity index (χ3n) is 3.54. The van der Waals surface area contributed by atoms with E-state index in [2.05, 4.69) is 24.3 Å². The zero-order valence-electron chi connectivity index (χ0n) is 13.4. The first-order chi connectivity index (χ1) is 10.5. The lowest BCUT2D eigenvalue weighted by atomic mass is 10.1. The molecule has 0 radical (unpaired) electrons. The quantitative estimate of drug-likeness (QED) is 0.823. The number of rotatable bonds is 7. The van der Waals surface area contributed by atoms with E-state index in [-0.39, 0.29) is 6.10 Å². The zero-order chi connectivity index (χ0) is 16.1. The average Bonchev–Trinajstić information content (AvgIpc) is 2.76. The molecule has 0 bridgehead atoms. The van der Waals surface area contributed by atoms with Crippen LogP contribution in [0.3, 0.4) is 0 Å². The van der Waals surface area contributed by atoms with Gasteiger partial charge in [-0.05, 0) is 12.3 Å². The highest BCUT2D eigenvalue weighted by molar-refractivity contribution is 6.30. The molecule has 0 saturated carbocycles. The van der Waals surface area contributed by atoms with Crippen molar-refractivity contribution in [3.8, 4) is 11.3 Å². The zero-order valence-corrected chi connectivity index (χ0v) is 14.1. The van der Waals surface area contributed by atoms with Gasteiger partial charge in [-0.15, -0.1) is 0 Å². The van der Waals surface area contributed by atoms with Crippen molar-refractivity contribution in [2.75, 3.05) is 6.54 Å². The SMILES string of the molecule is CC(C)CC(O)CNCc1c(-c2ccccc2)nn(C)c1Cl. The lowest BCUT2D eigenvalue weighted by molar-refractivity contribution is 0.146. The summed E-state index contributed by atoms with van der Waals surface area (Å²) < 4.78 is 1.69. The summed E-state index contributed by atoms with van der Waals surface area (Å²) in [4.78, 5) is 0. The second-order valence-corrected chi connectivity index (χ2v) is 6.38. The van der Waals surface area contributed by atoms with Gasteiger partial charge in [0.1, 0.15) is 5.15 Å². The molecule has 1 unspecified atom stereocenters. The van der Waals surface area contributed by atoms with Gasteiger partial charge in [0.15, 0.2) is 0 Å². The van der Waals surface area contributed by atoms with Crippen LogP contribution in [0.5, 0.6) is 0 Å². The molecule has 0 amide bonds. The van der Waals surface area contributed by atoms with Crippen LogP contribution in [0, 0.1) is 5.92 Å². The first-order valence-corrected chi connectivity index (χ1v) is 8.02. The molecule has 1 heterocycles. The Balaban J connectivity index is 2.08. The summed E-state index contributed by atoms with van der Waals surface area (Å²) in [5.74, 6) is 0.485. The van der Waals surface area contributed by atoms with Crippen molar-refractivity contribution in [3.63, 3.8) is 0 Å². The lowest BCUT2D eigenvalue weighted by Gasteiger charge is -2.14. The van der Waals surface area contributed by atoms with Gasteiger partial charge in [0.05, 0.1) is 11.8 Å². The highest BCUT2D eigenvalue weighted by atomic mass is 35.5. The van der Waals surface area contributed by atoms with Crippen molar-refractivity contribution in [2.24, 2.45) is 13.0 Å². The number of nitrogens with one attached hydrogen (secondary N) is 1. The van der Waals surface area contributed by atoms with Crippen LogP contribution < -0.4 is 5.32 Å². The summed E-state index contributed by atoms with van der Waals surface area (Å²) in [7, 11) is 1.84. The van der Waals surface area contributed by atoms with Crippen molar-refractivity contribution in [1.29, 1.82) is 0 Å². The van der Waals surface area contributed by atoms with Crippen LogP contribution in [0.2, 0.25) is 5.15 Å². The number of nitrogens with zero attached hydrogens (tertiary/aromatic N) is 2. The van der Waals surface area contributed by atoms with Gasteiger partial charge in [-0.3, -0.25) is 4.68 Å². The Kier molecular flexibility index (Phi) is 6.00. The monoisotopic (exact) mass is 321 g/mol. The van der Waals surface area contributed by atoms with Crippen LogP contribution in [-0.4, -0.2) is 27.5 Å². The fraction of sp³-hybridized carbons (Fsp3) is 0.471. The molecule has 22 heavy (non-hydrogen) atoms. The highest BCUT2D eigenvalue weighted by Gasteiger charge is 2.16. The third-order valence-corrected chi connectivity index (χ3v) is 4.01. The van der Waals surface area contributed by atoms with E-state index in [1.807, 2.05) is 37.4 Å². The van der Waals surface area contributed by atoms with E-state index >= 15 is 0 Å². The Morgan fingerprint density at radius 3 is 2.59 bits per heavy atom. The molecule has 2 rings (SSSR count). The van der Waals surface area contributed by atoms with E-state index in [0.717, 1.165) is 23.2 Å². The fourth-order valence-corrected chi connectivity index (χ4v) is 2.72. The van der Waals surface area contributed by atoms with E-state index < -0.39 is 0 Å². The standard InChI is InChI=1S/C17H24ClN3O/c1-12(2)9-14(22)10-19-11-15-16(20-21(3)17(15)18)13-7-5-4-6-8-13/h4-8,12,14,19,22H,9-11H2,1-3H3. The molecule has 0 aliphatic rings. The molecule has 120 valence electrons. The number of aliphatic hydroxyl groups excluding tert-OH is 1. The Bertz CT molecular complexity index is 595. The van der Waals surface area contributed by atoms with Crippen molar-refractivity contribution in [3.05, 3.63) is 41.0 Å². The first-order valence-electron chi connectivity index (χ1n) is 7.64. The Hall–Kier alpha value is -1.36. The van der Waals surface area contributed by atoms with Gasteiger partial charge in [-0.25, -0.2) is 0 Å². The molecule has 0 aliphatic heterocycles. The molecule has 4 nitrogen and oxygen atoms in total. The molecule has 0 spiro atoms. The van der Waals surface area contributed by atoms with Gasteiger partial charge < -0.3 is 10.4 Å². The topological polar surface area (TPSA) is 50.1 Å². The Morgan fingerprint density at radius 1 is 1.27 bits per heavy atom. The maximum absolute atomic E-state index is 9.94. The van der Waals surface area contributed by atoms with Crippen LogP contribution in [0.4, 0.5) is 0 Å². The minimum atomic E-state index is -0.337. The smallest absolute Gasteiger partial charge is 0.131 e. The van der Waals surface area contributed by atoms with E-state index in [1.54, 1.807) is 4.68 Å². The third kappa shape index (κ3) is 4.32. The lowest BCUT2D eigenvalue weighted by Crippen LogP contribution is -2.27. The highest BCUT2D eigenvalue weighted by Crippen LogP contribution is 2.27. The molecule has 1 atom stereocenters. The van der Waals surface area contributed by atoms with Crippen molar-refractivity contribution in [2.45, 2.75) is 32.9 Å². The number of aromatic nitrogens is 2. The van der Waals surface area contributed by atoms with Gasteiger partial charge in [-0.1, -0.05) is 55.8 Å². The van der Waals surface area contributed by atoms with Crippen molar-refractivity contribution < 1.29 is 5.11 Å². The molecule has 0 saturated heterocycles. The van der Waals surface area contributed by atoms with Gasteiger partial charge in [-0.2, -0.15) is 5.10 Å². The molecule has 0 fully saturated rings. The van der Waals surface area contributed by atoms with Crippen molar-refractivity contribution in [1.82, 2.24) is 15.1 Å². The molecular weight excluding hydrogens is 298 g/mol. The Morgan fingerprint density at radius 2 is 1.95 bits per heavy atom. The maximum atomic E-state index is 9.94. The van der Waals surface area contributed by atoms with Crippen LogP contribution in [-0.2, 0) is 13.6 Å².